The molecule has 0 atom stereocenters. The standard InChI is InChI=1S/C13H11F6NO2.C6H6/c14-12(15,16)9-4-8(5-10(6-9)13(17,18)19)7-20-11(22)2-1-3-21;1-2-4-6-5-3-1/h3-6H,1-2,7H2,(H,20,22);1-6H. The molecule has 0 aliphatic carbocycles. The second-order valence-corrected chi connectivity index (χ2v) is 5.55. The van der Waals surface area contributed by atoms with Gasteiger partial charge >= 0.3 is 12.4 Å². The minimum atomic E-state index is -4.93. The number of amides is 1. The molecule has 1 amide bonds. The number of nitrogens with one attached hydrogen (secondary N) is 1. The summed E-state index contributed by atoms with van der Waals surface area (Å²) in [5, 5.41) is 2.16. The Balaban J connectivity index is 0.000000552. The summed E-state index contributed by atoms with van der Waals surface area (Å²) in [6.45, 7) is -0.495. The molecule has 0 aliphatic rings. The molecule has 28 heavy (non-hydrogen) atoms. The van der Waals surface area contributed by atoms with Gasteiger partial charge in [0, 0.05) is 19.4 Å². The summed E-state index contributed by atoms with van der Waals surface area (Å²) in [7, 11) is 0. The molecule has 1 N–H and O–H groups in total. The molecule has 2 aromatic rings. The summed E-state index contributed by atoms with van der Waals surface area (Å²) < 4.78 is 75.6. The number of benzene rings is 2. The number of hydrogen-bond acceptors (Lipinski definition) is 2. The molecular formula is C19H17F6NO2. The Hall–Kier alpha value is -2.84. The number of aldehydes is 1. The Labute approximate surface area is 157 Å². The molecule has 0 bridgehead atoms. The Morgan fingerprint density at radius 1 is 0.821 bits per heavy atom. The van der Waals surface area contributed by atoms with Crippen molar-refractivity contribution in [1.82, 2.24) is 5.32 Å². The van der Waals surface area contributed by atoms with Gasteiger partial charge in [-0.1, -0.05) is 36.4 Å². The molecule has 0 fully saturated rings. The van der Waals surface area contributed by atoms with Crippen LogP contribution in [0.1, 0.15) is 29.5 Å². The monoisotopic (exact) mass is 405 g/mol. The number of carbonyl (C=O) groups is 2. The van der Waals surface area contributed by atoms with Gasteiger partial charge in [0.15, 0.2) is 0 Å². The topological polar surface area (TPSA) is 46.2 Å². The van der Waals surface area contributed by atoms with Gasteiger partial charge in [-0.3, -0.25) is 4.79 Å². The highest BCUT2D eigenvalue weighted by atomic mass is 19.4. The van der Waals surface area contributed by atoms with Crippen molar-refractivity contribution in [2.75, 3.05) is 0 Å². The minimum Gasteiger partial charge on any atom is -0.352 e. The van der Waals surface area contributed by atoms with Crippen LogP contribution in [0.2, 0.25) is 0 Å². The first-order valence-corrected chi connectivity index (χ1v) is 8.02. The van der Waals surface area contributed by atoms with Crippen LogP contribution in [0.25, 0.3) is 0 Å². The van der Waals surface area contributed by atoms with Gasteiger partial charge in [0.1, 0.15) is 6.29 Å². The molecule has 152 valence electrons. The fraction of sp³-hybridized carbons (Fsp3) is 0.263. The SMILES string of the molecule is O=CCCC(=O)NCc1cc(C(F)(F)F)cc(C(F)(F)F)c1.c1ccccc1. The highest BCUT2D eigenvalue weighted by Crippen LogP contribution is 2.36. The van der Waals surface area contributed by atoms with Crippen molar-refractivity contribution in [2.45, 2.75) is 31.7 Å². The number of carbonyl (C=O) groups excluding carboxylic acids is 2. The highest BCUT2D eigenvalue weighted by Gasteiger charge is 2.36. The van der Waals surface area contributed by atoms with Gasteiger partial charge in [-0.05, 0) is 23.8 Å². The van der Waals surface area contributed by atoms with E-state index in [0.717, 1.165) is 0 Å². The fourth-order valence-electron chi connectivity index (χ4n) is 1.99. The maximum absolute atomic E-state index is 12.6. The van der Waals surface area contributed by atoms with Crippen molar-refractivity contribution in [3.05, 3.63) is 71.3 Å². The Morgan fingerprint density at radius 2 is 1.25 bits per heavy atom. The molecule has 9 heteroatoms. The van der Waals surface area contributed by atoms with Gasteiger partial charge < -0.3 is 10.1 Å². The van der Waals surface area contributed by atoms with Crippen molar-refractivity contribution in [2.24, 2.45) is 0 Å². The predicted molar refractivity (Wildman–Crippen MR) is 90.0 cm³/mol. The van der Waals surface area contributed by atoms with E-state index in [1.165, 1.54) is 0 Å². The smallest absolute Gasteiger partial charge is 0.352 e. The molecule has 0 unspecified atom stereocenters. The third-order valence-electron chi connectivity index (χ3n) is 3.29. The van der Waals surface area contributed by atoms with Crippen LogP contribution >= 0.6 is 0 Å². The molecule has 0 aromatic heterocycles. The second kappa shape index (κ2) is 10.5. The second-order valence-electron chi connectivity index (χ2n) is 5.55. The summed E-state index contributed by atoms with van der Waals surface area (Å²) in [4.78, 5) is 21.3. The number of rotatable bonds is 5. The van der Waals surface area contributed by atoms with Crippen molar-refractivity contribution in [1.29, 1.82) is 0 Å². The molecule has 0 aliphatic heterocycles. The minimum absolute atomic E-state index is 0.0116. The van der Waals surface area contributed by atoms with Crippen LogP contribution in [0.5, 0.6) is 0 Å². The van der Waals surface area contributed by atoms with Crippen LogP contribution in [0.3, 0.4) is 0 Å². The Morgan fingerprint density at radius 3 is 1.61 bits per heavy atom. The van der Waals surface area contributed by atoms with E-state index >= 15 is 0 Å². The third kappa shape index (κ3) is 8.70. The van der Waals surface area contributed by atoms with Crippen LogP contribution in [0, 0.1) is 0 Å². The van der Waals surface area contributed by atoms with Gasteiger partial charge in [-0.2, -0.15) is 26.3 Å². The summed E-state index contributed by atoms with van der Waals surface area (Å²) >= 11 is 0. The molecule has 0 spiro atoms. The van der Waals surface area contributed by atoms with E-state index in [4.69, 9.17) is 0 Å². The van der Waals surface area contributed by atoms with Crippen LogP contribution in [0.4, 0.5) is 26.3 Å². The first kappa shape index (κ1) is 23.2. The first-order chi connectivity index (χ1) is 13.0. The van der Waals surface area contributed by atoms with Crippen molar-refractivity contribution >= 4 is 12.2 Å². The normalized spacial score (nSPS) is 11.2. The van der Waals surface area contributed by atoms with Gasteiger partial charge in [0.2, 0.25) is 5.91 Å². The highest BCUT2D eigenvalue weighted by molar-refractivity contribution is 5.78. The average molecular weight is 405 g/mol. The third-order valence-corrected chi connectivity index (χ3v) is 3.29. The molecule has 0 saturated heterocycles. The Bertz CT molecular complexity index is 698. The average Bonchev–Trinajstić information content (AvgIpc) is 2.65. The zero-order chi connectivity index (χ0) is 21.2. The lowest BCUT2D eigenvalue weighted by atomic mass is 10.0. The maximum Gasteiger partial charge on any atom is 0.416 e. The van der Waals surface area contributed by atoms with Gasteiger partial charge in [0.25, 0.3) is 0 Å². The lowest BCUT2D eigenvalue weighted by Crippen LogP contribution is -2.23. The molecule has 0 radical (unpaired) electrons. The zero-order valence-electron chi connectivity index (χ0n) is 14.5. The van der Waals surface area contributed by atoms with Crippen LogP contribution in [0.15, 0.2) is 54.6 Å². The summed E-state index contributed by atoms with van der Waals surface area (Å²) in [6, 6.07) is 13.1. The van der Waals surface area contributed by atoms with Gasteiger partial charge in [0.05, 0.1) is 11.1 Å². The van der Waals surface area contributed by atoms with Crippen LogP contribution < -0.4 is 5.32 Å². The van der Waals surface area contributed by atoms with E-state index in [9.17, 15) is 35.9 Å². The van der Waals surface area contributed by atoms with E-state index in [0.29, 0.717) is 18.4 Å². The van der Waals surface area contributed by atoms with E-state index in [1.54, 1.807) is 0 Å². The number of halogens is 6. The molecular weight excluding hydrogens is 388 g/mol. The quantitative estimate of drug-likeness (QED) is 0.562. The Kier molecular flexibility index (Phi) is 8.69. The summed E-state index contributed by atoms with van der Waals surface area (Å²) in [6.07, 6.45) is -9.66. The van der Waals surface area contributed by atoms with E-state index in [1.807, 2.05) is 36.4 Å². The number of hydrogen-bond donors (Lipinski definition) is 1. The van der Waals surface area contributed by atoms with Crippen molar-refractivity contribution in [3.63, 3.8) is 0 Å². The molecule has 0 saturated carbocycles. The largest absolute Gasteiger partial charge is 0.416 e. The predicted octanol–water partition coefficient (Wildman–Crippen LogP) is 5.01. The van der Waals surface area contributed by atoms with Crippen LogP contribution in [-0.2, 0) is 28.5 Å². The van der Waals surface area contributed by atoms with Crippen molar-refractivity contribution < 1.29 is 35.9 Å². The maximum atomic E-state index is 12.6. The first-order valence-electron chi connectivity index (χ1n) is 8.02. The fourth-order valence-corrected chi connectivity index (χ4v) is 1.99. The molecule has 2 aromatic carbocycles. The van der Waals surface area contributed by atoms with E-state index in [2.05, 4.69) is 5.32 Å². The van der Waals surface area contributed by atoms with Gasteiger partial charge in [-0.25, -0.2) is 0 Å². The number of alkyl halides is 6. The summed E-state index contributed by atoms with van der Waals surface area (Å²) in [5.74, 6) is -0.641. The molecule has 0 heterocycles. The molecule has 2 rings (SSSR count). The lowest BCUT2D eigenvalue weighted by molar-refractivity contribution is -0.143. The van der Waals surface area contributed by atoms with E-state index < -0.39 is 35.9 Å². The van der Waals surface area contributed by atoms with Crippen molar-refractivity contribution in [3.8, 4) is 0 Å². The lowest BCUT2D eigenvalue weighted by Gasteiger charge is -2.14. The van der Waals surface area contributed by atoms with E-state index in [-0.39, 0.29) is 24.5 Å². The zero-order valence-corrected chi connectivity index (χ0v) is 14.5. The summed E-state index contributed by atoms with van der Waals surface area (Å²) in [5.41, 5.74) is -3.22. The van der Waals surface area contributed by atoms with Gasteiger partial charge in [-0.15, -0.1) is 0 Å². The van der Waals surface area contributed by atoms with Crippen LogP contribution in [-0.4, -0.2) is 12.2 Å². The molecule has 3 nitrogen and oxygen atoms in total.